The van der Waals surface area contributed by atoms with Crippen molar-refractivity contribution in [2.75, 3.05) is 0 Å². The van der Waals surface area contributed by atoms with E-state index in [1.807, 2.05) is 0 Å². The number of aromatic hydroxyl groups is 2. The highest BCUT2D eigenvalue weighted by Crippen LogP contribution is 2.28. The van der Waals surface area contributed by atoms with Crippen molar-refractivity contribution in [3.05, 3.63) is 71.8 Å². The molecule has 2 aromatic rings. The molecule has 96 valence electrons. The summed E-state index contributed by atoms with van der Waals surface area (Å²) in [5, 5.41) is 19.8. The number of hydrogen-bond donors (Lipinski definition) is 2. The normalized spacial score (nSPS) is 10.1. The van der Waals surface area contributed by atoms with Crippen LogP contribution in [-0.4, -0.2) is 16.0 Å². The van der Waals surface area contributed by atoms with Crippen molar-refractivity contribution in [1.29, 1.82) is 0 Å². The van der Waals surface area contributed by atoms with Gasteiger partial charge in [-0.3, -0.25) is 4.79 Å². The molecule has 2 aromatic carbocycles. The molecule has 0 aromatic heterocycles. The van der Waals surface area contributed by atoms with E-state index in [4.69, 9.17) is 0 Å². The molecule has 19 heavy (non-hydrogen) atoms. The van der Waals surface area contributed by atoms with Crippen molar-refractivity contribution in [3.8, 4) is 11.5 Å². The molecule has 0 aliphatic rings. The molecule has 0 radical (unpaired) electrons. The molecule has 0 amide bonds. The summed E-state index contributed by atoms with van der Waals surface area (Å²) in [4.78, 5) is 12.3. The van der Waals surface area contributed by atoms with Crippen LogP contribution in [-0.2, 0) is 6.42 Å². The number of carbonyl (C=O) groups excluding carboxylic acids is 1. The number of benzene rings is 2. The molecule has 3 heteroatoms. The highest BCUT2D eigenvalue weighted by atomic mass is 16.3. The topological polar surface area (TPSA) is 57.5 Å². The average molecular weight is 254 g/mol. The molecule has 0 unspecified atom stereocenters. The number of para-hydroxylation sites is 2. The number of allylic oxidation sites excluding steroid dienone is 1. The number of hydrogen-bond acceptors (Lipinski definition) is 3. The van der Waals surface area contributed by atoms with Crippen molar-refractivity contribution in [1.82, 2.24) is 0 Å². The highest BCUT2D eigenvalue weighted by Gasteiger charge is 2.17. The van der Waals surface area contributed by atoms with Crippen LogP contribution in [0.4, 0.5) is 0 Å². The molecule has 0 bridgehead atoms. The van der Waals surface area contributed by atoms with E-state index in [9.17, 15) is 15.0 Å². The monoisotopic (exact) mass is 254 g/mol. The zero-order valence-corrected chi connectivity index (χ0v) is 10.3. The van der Waals surface area contributed by atoms with Crippen molar-refractivity contribution in [3.63, 3.8) is 0 Å². The van der Waals surface area contributed by atoms with E-state index < -0.39 is 5.78 Å². The summed E-state index contributed by atoms with van der Waals surface area (Å²) in [5.41, 5.74) is 0.991. The second-order valence-corrected chi connectivity index (χ2v) is 4.15. The molecule has 0 heterocycles. The summed E-state index contributed by atoms with van der Waals surface area (Å²) in [6.45, 7) is 3.61. The van der Waals surface area contributed by atoms with Crippen LogP contribution in [0.5, 0.6) is 11.5 Å². The minimum Gasteiger partial charge on any atom is -0.507 e. The third-order valence-corrected chi connectivity index (χ3v) is 2.88. The van der Waals surface area contributed by atoms with E-state index in [1.54, 1.807) is 30.3 Å². The lowest BCUT2D eigenvalue weighted by molar-refractivity contribution is 0.103. The van der Waals surface area contributed by atoms with Gasteiger partial charge >= 0.3 is 0 Å². The second-order valence-electron chi connectivity index (χ2n) is 4.15. The molecular formula is C16H14O3. The summed E-state index contributed by atoms with van der Waals surface area (Å²) < 4.78 is 0. The lowest BCUT2D eigenvalue weighted by Gasteiger charge is -2.08. The Labute approximate surface area is 111 Å². The Morgan fingerprint density at radius 2 is 1.74 bits per heavy atom. The smallest absolute Gasteiger partial charge is 0.200 e. The van der Waals surface area contributed by atoms with Crippen molar-refractivity contribution in [2.45, 2.75) is 6.42 Å². The zero-order chi connectivity index (χ0) is 13.8. The molecular weight excluding hydrogens is 240 g/mol. The maximum atomic E-state index is 12.3. The second kappa shape index (κ2) is 5.40. The minimum atomic E-state index is -0.401. The Hall–Kier alpha value is -2.55. The molecule has 2 rings (SSSR count). The Bertz CT molecular complexity index is 630. The first-order valence-corrected chi connectivity index (χ1v) is 5.89. The summed E-state index contributed by atoms with van der Waals surface area (Å²) in [5.74, 6) is -0.557. The van der Waals surface area contributed by atoms with Gasteiger partial charge in [0.2, 0.25) is 0 Å². The maximum Gasteiger partial charge on any atom is 0.200 e. The van der Waals surface area contributed by atoms with E-state index in [-0.39, 0.29) is 22.6 Å². The molecule has 0 atom stereocenters. The molecule has 0 aliphatic carbocycles. The van der Waals surface area contributed by atoms with E-state index >= 15 is 0 Å². The van der Waals surface area contributed by atoms with Crippen LogP contribution in [0.2, 0.25) is 0 Å². The molecule has 0 fully saturated rings. The van der Waals surface area contributed by atoms with Crippen LogP contribution in [0.1, 0.15) is 21.5 Å². The number of rotatable bonds is 4. The number of carbonyl (C=O) groups is 1. The van der Waals surface area contributed by atoms with Gasteiger partial charge in [-0.1, -0.05) is 30.3 Å². The van der Waals surface area contributed by atoms with Gasteiger partial charge < -0.3 is 10.2 Å². The van der Waals surface area contributed by atoms with Crippen molar-refractivity contribution < 1.29 is 15.0 Å². The highest BCUT2D eigenvalue weighted by molar-refractivity contribution is 6.12. The Kier molecular flexibility index (Phi) is 3.66. The van der Waals surface area contributed by atoms with E-state index in [0.29, 0.717) is 12.0 Å². The summed E-state index contributed by atoms with van der Waals surface area (Å²) >= 11 is 0. The van der Waals surface area contributed by atoms with Gasteiger partial charge in [0, 0.05) is 0 Å². The lowest BCUT2D eigenvalue weighted by atomic mass is 9.98. The molecule has 0 saturated carbocycles. The SMILES string of the molecule is C=CCc1cccc(C(=O)c2ccccc2O)c1O. The lowest BCUT2D eigenvalue weighted by Crippen LogP contribution is -2.03. The van der Waals surface area contributed by atoms with Gasteiger partial charge in [-0.2, -0.15) is 0 Å². The third-order valence-electron chi connectivity index (χ3n) is 2.88. The Morgan fingerprint density at radius 1 is 1.05 bits per heavy atom. The van der Waals surface area contributed by atoms with Crippen LogP contribution in [0, 0.1) is 0 Å². The average Bonchev–Trinajstić information content (AvgIpc) is 2.41. The summed E-state index contributed by atoms with van der Waals surface area (Å²) in [7, 11) is 0. The van der Waals surface area contributed by atoms with E-state index in [2.05, 4.69) is 6.58 Å². The standard InChI is InChI=1S/C16H14O3/c1-2-6-11-7-5-9-13(15(11)18)16(19)12-8-3-4-10-14(12)17/h2-5,7-10,17-18H,1,6H2. The molecule has 2 N–H and O–H groups in total. The number of phenols is 2. The van der Waals surface area contributed by atoms with Crippen LogP contribution < -0.4 is 0 Å². The fourth-order valence-corrected chi connectivity index (χ4v) is 1.91. The molecule has 3 nitrogen and oxygen atoms in total. The van der Waals surface area contributed by atoms with Crippen LogP contribution >= 0.6 is 0 Å². The fourth-order valence-electron chi connectivity index (χ4n) is 1.91. The summed E-state index contributed by atoms with van der Waals surface area (Å²) in [6.07, 6.45) is 2.14. The summed E-state index contributed by atoms with van der Waals surface area (Å²) in [6, 6.07) is 11.2. The molecule has 0 spiro atoms. The Balaban J connectivity index is 2.48. The predicted molar refractivity (Wildman–Crippen MR) is 73.5 cm³/mol. The number of phenolic OH excluding ortho intramolecular Hbond substituents is 2. The minimum absolute atomic E-state index is 0.0596. The third kappa shape index (κ3) is 2.50. The van der Waals surface area contributed by atoms with Crippen LogP contribution in [0.15, 0.2) is 55.1 Å². The first kappa shape index (κ1) is 12.9. The van der Waals surface area contributed by atoms with Crippen molar-refractivity contribution >= 4 is 5.78 Å². The van der Waals surface area contributed by atoms with Gasteiger partial charge in [-0.05, 0) is 30.2 Å². The van der Waals surface area contributed by atoms with Gasteiger partial charge in [0.15, 0.2) is 5.78 Å². The first-order valence-electron chi connectivity index (χ1n) is 5.89. The van der Waals surface area contributed by atoms with Gasteiger partial charge in [-0.15, -0.1) is 6.58 Å². The predicted octanol–water partition coefficient (Wildman–Crippen LogP) is 3.06. The van der Waals surface area contributed by atoms with Crippen LogP contribution in [0.3, 0.4) is 0 Å². The van der Waals surface area contributed by atoms with Crippen LogP contribution in [0.25, 0.3) is 0 Å². The van der Waals surface area contributed by atoms with Gasteiger partial charge in [-0.25, -0.2) is 0 Å². The molecule has 0 aliphatic heterocycles. The zero-order valence-electron chi connectivity index (χ0n) is 10.3. The first-order chi connectivity index (χ1) is 9.15. The van der Waals surface area contributed by atoms with E-state index in [1.165, 1.54) is 18.2 Å². The largest absolute Gasteiger partial charge is 0.507 e. The Morgan fingerprint density at radius 3 is 2.42 bits per heavy atom. The van der Waals surface area contributed by atoms with E-state index in [0.717, 1.165) is 0 Å². The maximum absolute atomic E-state index is 12.3. The van der Waals surface area contributed by atoms with Gasteiger partial charge in [0.1, 0.15) is 11.5 Å². The fraction of sp³-hybridized carbons (Fsp3) is 0.0625. The quantitative estimate of drug-likeness (QED) is 0.651. The van der Waals surface area contributed by atoms with Crippen molar-refractivity contribution in [2.24, 2.45) is 0 Å². The van der Waals surface area contributed by atoms with Gasteiger partial charge in [0.25, 0.3) is 0 Å². The number of ketones is 1. The molecule has 0 saturated heterocycles. The van der Waals surface area contributed by atoms with Gasteiger partial charge in [0.05, 0.1) is 11.1 Å².